The van der Waals surface area contributed by atoms with E-state index in [-0.39, 0.29) is 16.7 Å². The Labute approximate surface area is 239 Å². The monoisotopic (exact) mass is 584 g/mol. The quantitative estimate of drug-likeness (QED) is 0.216. The van der Waals surface area contributed by atoms with Crippen LogP contribution in [0, 0.1) is 0 Å². The van der Waals surface area contributed by atoms with Crippen LogP contribution in [0.3, 0.4) is 0 Å². The molecule has 1 amide bonds. The van der Waals surface area contributed by atoms with Gasteiger partial charge in [0, 0.05) is 24.6 Å². The van der Waals surface area contributed by atoms with Crippen molar-refractivity contribution in [1.29, 1.82) is 0 Å². The van der Waals surface area contributed by atoms with Gasteiger partial charge in [-0.1, -0.05) is 24.3 Å². The fourth-order valence-electron chi connectivity index (χ4n) is 4.33. The van der Waals surface area contributed by atoms with E-state index in [1.807, 2.05) is 35.0 Å². The molecule has 0 fully saturated rings. The zero-order valence-electron chi connectivity index (χ0n) is 21.6. The normalized spacial score (nSPS) is 11.5. The molecule has 2 aromatic carbocycles. The molecule has 4 aromatic heterocycles. The summed E-state index contributed by atoms with van der Waals surface area (Å²) >= 11 is 1.29. The number of anilines is 2. The third-order valence-electron chi connectivity index (χ3n) is 6.39. The minimum absolute atomic E-state index is 0.248. The molecule has 0 atom stereocenters. The zero-order valence-corrected chi connectivity index (χ0v) is 23.2. The van der Waals surface area contributed by atoms with Gasteiger partial charge in [0.15, 0.2) is 22.0 Å². The first kappa shape index (κ1) is 26.4. The van der Waals surface area contributed by atoms with Crippen LogP contribution < -0.4 is 10.6 Å². The number of carbonyl (C=O) groups is 1. The standard InChI is InChI=1S/C29H24N6O4S2/c36-28(27-11-10-26(40-27)25-17-31-18-39-25)34-29-33-23-15-21(32-19-41(37,38)22-6-2-1-3-7-22)8-9-24(23)35(29)14-12-20-5-4-13-30-16-20/h1-11,13,15-18,32H,12,14,19H2,(H,33,34,36). The minimum Gasteiger partial charge on any atom is -0.443 e. The van der Waals surface area contributed by atoms with E-state index in [2.05, 4.69) is 20.6 Å². The third kappa shape index (κ3) is 5.88. The van der Waals surface area contributed by atoms with Crippen molar-refractivity contribution in [3.8, 4) is 10.6 Å². The molecule has 0 bridgehead atoms. The number of thiophene rings is 1. The molecule has 0 saturated heterocycles. The van der Waals surface area contributed by atoms with Gasteiger partial charge in [-0.25, -0.2) is 18.4 Å². The number of hydrogen-bond acceptors (Lipinski definition) is 9. The van der Waals surface area contributed by atoms with Gasteiger partial charge in [-0.05, 0) is 60.5 Å². The Morgan fingerprint density at radius 2 is 1.85 bits per heavy atom. The van der Waals surface area contributed by atoms with Crippen molar-refractivity contribution in [1.82, 2.24) is 19.5 Å². The van der Waals surface area contributed by atoms with Crippen molar-refractivity contribution >= 4 is 49.8 Å². The number of nitrogens with zero attached hydrogens (tertiary/aromatic N) is 4. The van der Waals surface area contributed by atoms with Crippen LogP contribution in [0.25, 0.3) is 21.7 Å². The van der Waals surface area contributed by atoms with Gasteiger partial charge < -0.3 is 14.3 Å². The molecule has 0 unspecified atom stereocenters. The fraction of sp³-hybridized carbons (Fsp3) is 0.103. The maximum Gasteiger partial charge on any atom is 0.268 e. The molecule has 2 N–H and O–H groups in total. The Morgan fingerprint density at radius 1 is 0.976 bits per heavy atom. The first-order chi connectivity index (χ1) is 20.0. The van der Waals surface area contributed by atoms with Crippen molar-refractivity contribution in [3.63, 3.8) is 0 Å². The number of imidazole rings is 1. The molecule has 206 valence electrons. The summed E-state index contributed by atoms with van der Waals surface area (Å²) in [7, 11) is -3.52. The fourth-order valence-corrected chi connectivity index (χ4v) is 6.28. The SMILES string of the molecule is O=C(Nc1nc2cc(NCS(=O)(=O)c3ccccc3)ccc2n1CCc1cccnc1)c1ccc(-c2cnco2)s1. The summed E-state index contributed by atoms with van der Waals surface area (Å²) < 4.78 is 32.8. The first-order valence-corrected chi connectivity index (χ1v) is 15.1. The van der Waals surface area contributed by atoms with Crippen LogP contribution in [0.1, 0.15) is 15.2 Å². The molecule has 0 saturated carbocycles. The molecule has 6 aromatic rings. The second-order valence-electron chi connectivity index (χ2n) is 9.13. The van der Waals surface area contributed by atoms with Crippen molar-refractivity contribution in [2.75, 3.05) is 16.5 Å². The highest BCUT2D eigenvalue weighted by molar-refractivity contribution is 7.91. The molecule has 0 spiro atoms. The highest BCUT2D eigenvalue weighted by Gasteiger charge is 2.18. The number of benzene rings is 2. The lowest BCUT2D eigenvalue weighted by molar-refractivity contribution is 0.102. The summed E-state index contributed by atoms with van der Waals surface area (Å²) in [5.41, 5.74) is 3.06. The van der Waals surface area contributed by atoms with Gasteiger partial charge in [0.1, 0.15) is 5.88 Å². The number of aryl methyl sites for hydroxylation is 2. The molecule has 0 aliphatic carbocycles. The van der Waals surface area contributed by atoms with Crippen LogP contribution in [0.5, 0.6) is 0 Å². The molecule has 41 heavy (non-hydrogen) atoms. The summed E-state index contributed by atoms with van der Waals surface area (Å²) in [4.78, 5) is 27.6. The smallest absolute Gasteiger partial charge is 0.268 e. The minimum atomic E-state index is -3.52. The maximum atomic E-state index is 13.2. The highest BCUT2D eigenvalue weighted by atomic mass is 32.2. The van der Waals surface area contributed by atoms with Crippen LogP contribution in [0.4, 0.5) is 11.6 Å². The van der Waals surface area contributed by atoms with Gasteiger partial charge in [0.25, 0.3) is 5.91 Å². The Hall–Kier alpha value is -4.81. The number of amides is 1. The first-order valence-electron chi connectivity index (χ1n) is 12.7. The van der Waals surface area contributed by atoms with E-state index in [1.54, 1.807) is 60.9 Å². The Kier molecular flexibility index (Phi) is 7.32. The number of pyridine rings is 1. The van der Waals surface area contributed by atoms with E-state index in [0.29, 0.717) is 40.8 Å². The number of carbonyl (C=O) groups excluding carboxylic acids is 1. The Balaban J connectivity index is 1.26. The lowest BCUT2D eigenvalue weighted by atomic mass is 10.2. The molecule has 4 heterocycles. The molecule has 0 aliphatic heterocycles. The zero-order chi connectivity index (χ0) is 28.2. The lowest BCUT2D eigenvalue weighted by Gasteiger charge is -2.10. The van der Waals surface area contributed by atoms with Gasteiger partial charge in [0.05, 0.1) is 31.9 Å². The predicted octanol–water partition coefficient (Wildman–Crippen LogP) is 5.49. The number of aromatic nitrogens is 4. The number of hydrogen-bond donors (Lipinski definition) is 2. The number of nitrogens with one attached hydrogen (secondary N) is 2. The third-order valence-corrected chi connectivity index (χ3v) is 9.01. The van der Waals surface area contributed by atoms with Crippen LogP contribution in [-0.2, 0) is 22.8 Å². The van der Waals surface area contributed by atoms with E-state index in [9.17, 15) is 13.2 Å². The van der Waals surface area contributed by atoms with Crippen LogP contribution >= 0.6 is 11.3 Å². The molecule has 0 radical (unpaired) electrons. The van der Waals surface area contributed by atoms with Crippen LogP contribution in [-0.4, -0.2) is 39.7 Å². The van der Waals surface area contributed by atoms with E-state index in [0.717, 1.165) is 16.0 Å². The molecular weight excluding hydrogens is 560 g/mol. The van der Waals surface area contributed by atoms with E-state index in [4.69, 9.17) is 9.40 Å². The summed E-state index contributed by atoms with van der Waals surface area (Å²) in [6, 6.07) is 21.2. The number of rotatable bonds is 10. The van der Waals surface area contributed by atoms with Crippen LogP contribution in [0.2, 0.25) is 0 Å². The number of oxazole rings is 1. The van der Waals surface area contributed by atoms with Gasteiger partial charge >= 0.3 is 0 Å². The molecule has 6 rings (SSSR count). The van der Waals surface area contributed by atoms with Crippen LogP contribution in [0.15, 0.2) is 107 Å². The van der Waals surface area contributed by atoms with E-state index < -0.39 is 9.84 Å². The van der Waals surface area contributed by atoms with Gasteiger partial charge in [-0.15, -0.1) is 11.3 Å². The van der Waals surface area contributed by atoms with Crippen molar-refractivity contribution in [3.05, 3.63) is 108 Å². The summed E-state index contributed by atoms with van der Waals surface area (Å²) in [5, 5.41) is 5.95. The largest absolute Gasteiger partial charge is 0.443 e. The summed E-state index contributed by atoms with van der Waals surface area (Å²) in [6.45, 7) is 0.542. The highest BCUT2D eigenvalue weighted by Crippen LogP contribution is 2.29. The Bertz CT molecular complexity index is 1900. The maximum absolute atomic E-state index is 13.2. The van der Waals surface area contributed by atoms with E-state index in [1.165, 1.54) is 17.7 Å². The lowest BCUT2D eigenvalue weighted by Crippen LogP contribution is -2.15. The summed E-state index contributed by atoms with van der Waals surface area (Å²) in [6.07, 6.45) is 7.15. The van der Waals surface area contributed by atoms with Crippen molar-refractivity contribution < 1.29 is 17.6 Å². The summed E-state index contributed by atoms with van der Waals surface area (Å²) in [5.74, 6) is 0.412. The number of fused-ring (bicyclic) bond motifs is 1. The molecular formula is C29H24N6O4S2. The van der Waals surface area contributed by atoms with Gasteiger partial charge in [0.2, 0.25) is 5.95 Å². The van der Waals surface area contributed by atoms with Crippen molar-refractivity contribution in [2.45, 2.75) is 17.9 Å². The molecule has 12 heteroatoms. The average Bonchev–Trinajstić information content (AvgIpc) is 3.76. The Morgan fingerprint density at radius 3 is 2.63 bits per heavy atom. The average molecular weight is 585 g/mol. The molecule has 0 aliphatic rings. The molecule has 10 nitrogen and oxygen atoms in total. The second kappa shape index (κ2) is 11.4. The van der Waals surface area contributed by atoms with Crippen molar-refractivity contribution in [2.24, 2.45) is 0 Å². The topological polar surface area (TPSA) is 132 Å². The van der Waals surface area contributed by atoms with Gasteiger partial charge in [-0.3, -0.25) is 15.1 Å². The van der Waals surface area contributed by atoms with E-state index >= 15 is 0 Å². The van der Waals surface area contributed by atoms with Gasteiger partial charge in [-0.2, -0.15) is 0 Å². The number of sulfone groups is 1. The predicted molar refractivity (Wildman–Crippen MR) is 158 cm³/mol. The second-order valence-corrected chi connectivity index (χ2v) is 12.2.